The van der Waals surface area contributed by atoms with Gasteiger partial charge in [0.25, 0.3) is 5.56 Å². The van der Waals surface area contributed by atoms with Gasteiger partial charge in [0.1, 0.15) is 17.1 Å². The van der Waals surface area contributed by atoms with Crippen LogP contribution in [0.5, 0.6) is 17.4 Å². The van der Waals surface area contributed by atoms with Crippen molar-refractivity contribution in [1.82, 2.24) is 19.5 Å². The normalized spacial score (nSPS) is 10.7. The van der Waals surface area contributed by atoms with Crippen molar-refractivity contribution in [2.75, 3.05) is 32.0 Å². The molecule has 13 heteroatoms. The Bertz CT molecular complexity index is 1610. The van der Waals surface area contributed by atoms with Crippen LogP contribution in [-0.2, 0) is 11.8 Å². The molecule has 1 aromatic carbocycles. The van der Waals surface area contributed by atoms with E-state index in [9.17, 15) is 9.59 Å². The molecule has 0 aliphatic heterocycles. The van der Waals surface area contributed by atoms with Crippen molar-refractivity contribution >= 4 is 57.6 Å². The molecule has 0 spiro atoms. The van der Waals surface area contributed by atoms with Crippen LogP contribution in [0, 0.1) is 0 Å². The summed E-state index contributed by atoms with van der Waals surface area (Å²) in [5.74, 6) is 0.755. The predicted molar refractivity (Wildman–Crippen MR) is 146 cm³/mol. The number of methoxy groups -OCH3 is 3. The third-order valence-corrected chi connectivity index (χ3v) is 6.29. The van der Waals surface area contributed by atoms with Crippen LogP contribution in [0.4, 0.5) is 17.5 Å². The molecule has 4 aromatic rings. The molecule has 11 nitrogen and oxygen atoms in total. The summed E-state index contributed by atoms with van der Waals surface area (Å²) in [6.45, 7) is 3.45. The van der Waals surface area contributed by atoms with E-state index in [-0.39, 0.29) is 38.8 Å². The van der Waals surface area contributed by atoms with Crippen molar-refractivity contribution in [2.45, 2.75) is 0 Å². The number of aryl methyl sites for hydroxylation is 1. The lowest BCUT2D eigenvalue weighted by molar-refractivity contribution is -0.111. The van der Waals surface area contributed by atoms with E-state index < -0.39 is 11.5 Å². The first kappa shape index (κ1) is 26.7. The zero-order valence-corrected chi connectivity index (χ0v) is 22.3. The summed E-state index contributed by atoms with van der Waals surface area (Å²) >= 11 is 13.1. The Kier molecular flexibility index (Phi) is 7.70. The van der Waals surface area contributed by atoms with Crippen molar-refractivity contribution in [2.24, 2.45) is 7.05 Å². The van der Waals surface area contributed by atoms with Crippen molar-refractivity contribution < 1.29 is 19.0 Å². The Balaban J connectivity index is 1.81. The maximum Gasteiger partial charge on any atom is 0.259 e. The lowest BCUT2D eigenvalue weighted by Gasteiger charge is -2.16. The van der Waals surface area contributed by atoms with Gasteiger partial charge in [0.15, 0.2) is 5.82 Å². The zero-order chi connectivity index (χ0) is 27.6. The molecule has 0 saturated heterocycles. The van der Waals surface area contributed by atoms with E-state index in [2.05, 4.69) is 32.2 Å². The van der Waals surface area contributed by atoms with Crippen molar-refractivity contribution in [3.8, 4) is 28.5 Å². The van der Waals surface area contributed by atoms with E-state index >= 15 is 0 Å². The van der Waals surface area contributed by atoms with E-state index in [1.54, 1.807) is 31.3 Å². The average molecular weight is 557 g/mol. The first-order valence-corrected chi connectivity index (χ1v) is 11.7. The number of amides is 1. The molecule has 0 atom stereocenters. The maximum absolute atomic E-state index is 13.4. The van der Waals surface area contributed by atoms with Crippen molar-refractivity contribution in [3.05, 3.63) is 63.5 Å². The van der Waals surface area contributed by atoms with E-state index in [4.69, 9.17) is 37.4 Å². The molecule has 38 heavy (non-hydrogen) atoms. The number of hydrogen-bond donors (Lipinski definition) is 2. The number of rotatable bonds is 8. The highest BCUT2D eigenvalue weighted by molar-refractivity contribution is 6.41. The fraction of sp³-hybridized carbons (Fsp3) is 0.160. The number of aromatic nitrogens is 4. The van der Waals surface area contributed by atoms with Gasteiger partial charge >= 0.3 is 0 Å². The molecule has 2 N–H and O–H groups in total. The molecule has 0 fully saturated rings. The fourth-order valence-electron chi connectivity index (χ4n) is 3.65. The molecule has 196 valence electrons. The van der Waals surface area contributed by atoms with Gasteiger partial charge < -0.3 is 24.8 Å². The van der Waals surface area contributed by atoms with Gasteiger partial charge in [-0.2, -0.15) is 9.97 Å². The Hall–Kier alpha value is -4.35. The number of carbonyl (C=O) groups excluding carboxylic acids is 1. The van der Waals surface area contributed by atoms with Crippen LogP contribution < -0.4 is 30.4 Å². The van der Waals surface area contributed by atoms with Crippen LogP contribution in [0.1, 0.15) is 0 Å². The molecular weight excluding hydrogens is 535 g/mol. The molecule has 4 rings (SSSR count). The van der Waals surface area contributed by atoms with Crippen molar-refractivity contribution in [1.29, 1.82) is 0 Å². The molecule has 0 unspecified atom stereocenters. The van der Waals surface area contributed by atoms with Gasteiger partial charge in [-0.1, -0.05) is 29.8 Å². The highest BCUT2D eigenvalue weighted by Gasteiger charge is 2.22. The molecule has 0 radical (unpaired) electrons. The highest BCUT2D eigenvalue weighted by atomic mass is 35.5. The summed E-state index contributed by atoms with van der Waals surface area (Å²) < 4.78 is 17.2. The largest absolute Gasteiger partial charge is 0.495 e. The van der Waals surface area contributed by atoms with Crippen molar-refractivity contribution in [3.63, 3.8) is 0 Å². The summed E-state index contributed by atoms with van der Waals surface area (Å²) in [5.41, 5.74) is 0.790. The average Bonchev–Trinajstić information content (AvgIpc) is 2.92. The Labute approximate surface area is 227 Å². The molecular formula is C25H22Cl2N6O5. The number of carbonyl (C=O) groups is 1. The maximum atomic E-state index is 13.4. The molecule has 0 bridgehead atoms. The van der Waals surface area contributed by atoms with Gasteiger partial charge in [0.05, 0.1) is 42.6 Å². The Morgan fingerprint density at radius 2 is 1.74 bits per heavy atom. The van der Waals surface area contributed by atoms with E-state index in [1.165, 1.54) is 32.1 Å². The van der Waals surface area contributed by atoms with Gasteiger partial charge in [-0.05, 0) is 18.2 Å². The number of fused-ring (bicyclic) bond motifs is 1. The minimum atomic E-state index is -0.463. The molecule has 3 aromatic heterocycles. The van der Waals surface area contributed by atoms with Crippen LogP contribution >= 0.6 is 23.2 Å². The summed E-state index contributed by atoms with van der Waals surface area (Å²) in [6, 6.07) is 6.38. The summed E-state index contributed by atoms with van der Waals surface area (Å²) in [4.78, 5) is 38.4. The monoisotopic (exact) mass is 556 g/mol. The molecule has 0 aliphatic rings. The minimum Gasteiger partial charge on any atom is -0.495 e. The molecule has 1 amide bonds. The number of nitrogens with zero attached hydrogens (tertiary/aromatic N) is 4. The topological polar surface area (TPSA) is 129 Å². The third kappa shape index (κ3) is 4.93. The number of nitrogens with one attached hydrogen (secondary N) is 2. The predicted octanol–water partition coefficient (Wildman–Crippen LogP) is 4.59. The van der Waals surface area contributed by atoms with E-state index in [0.717, 1.165) is 6.08 Å². The quantitative estimate of drug-likeness (QED) is 0.299. The smallest absolute Gasteiger partial charge is 0.259 e. The number of benzene rings is 1. The van der Waals surface area contributed by atoms with Gasteiger partial charge in [-0.25, -0.2) is 4.98 Å². The summed E-state index contributed by atoms with van der Waals surface area (Å²) in [7, 11) is 5.92. The second-order valence-electron chi connectivity index (χ2n) is 7.75. The van der Waals surface area contributed by atoms with Crippen LogP contribution in [0.15, 0.2) is 47.9 Å². The SMILES string of the molecule is C=CC(=O)Nc1nc(OC)ccc1Nc1ncc2cc(-c3c(Cl)c(OC)cc(OC)c3Cl)c(=O)n(C)c2n1. The molecule has 3 heterocycles. The molecule has 0 saturated carbocycles. The minimum absolute atomic E-state index is 0.153. The lowest BCUT2D eigenvalue weighted by atomic mass is 10.0. The zero-order valence-electron chi connectivity index (χ0n) is 20.8. The van der Waals surface area contributed by atoms with E-state index in [0.29, 0.717) is 28.2 Å². The highest BCUT2D eigenvalue weighted by Crippen LogP contribution is 2.45. The van der Waals surface area contributed by atoms with Gasteiger partial charge in [-0.3, -0.25) is 14.2 Å². The van der Waals surface area contributed by atoms with Crippen LogP contribution in [0.25, 0.3) is 22.2 Å². The molecule has 0 aliphatic carbocycles. The summed E-state index contributed by atoms with van der Waals surface area (Å²) in [5, 5.41) is 6.47. The lowest BCUT2D eigenvalue weighted by Crippen LogP contribution is -2.20. The number of anilines is 3. The first-order chi connectivity index (χ1) is 18.2. The standard InChI is InChI=1S/C25H22Cl2N6O5/c1-6-17(34)30-22-14(7-8-18(31-22)38-5)29-25-28-11-12-9-13(24(35)33(2)23(12)32-25)19-20(26)15(36-3)10-16(37-4)21(19)27/h6-11H,1H2,2-5H3,(H,28,29,32)(H,30,31,34). The number of hydrogen-bond acceptors (Lipinski definition) is 9. The third-order valence-electron chi connectivity index (χ3n) is 5.54. The Morgan fingerprint density at radius 3 is 2.34 bits per heavy atom. The number of ether oxygens (including phenoxy) is 3. The Morgan fingerprint density at radius 1 is 1.05 bits per heavy atom. The summed E-state index contributed by atoms with van der Waals surface area (Å²) in [6.07, 6.45) is 2.65. The van der Waals surface area contributed by atoms with Gasteiger partial charge in [0.2, 0.25) is 17.7 Å². The van der Waals surface area contributed by atoms with Crippen LogP contribution in [0.2, 0.25) is 10.0 Å². The fourth-order valence-corrected chi connectivity index (χ4v) is 4.35. The van der Waals surface area contributed by atoms with Gasteiger partial charge in [0, 0.05) is 36.3 Å². The first-order valence-electron chi connectivity index (χ1n) is 10.9. The second-order valence-corrected chi connectivity index (χ2v) is 8.50. The van der Waals surface area contributed by atoms with Crippen LogP contribution in [-0.4, -0.2) is 46.8 Å². The number of pyridine rings is 2. The van der Waals surface area contributed by atoms with Gasteiger partial charge in [-0.15, -0.1) is 0 Å². The van der Waals surface area contributed by atoms with Crippen LogP contribution in [0.3, 0.4) is 0 Å². The van der Waals surface area contributed by atoms with E-state index in [1.807, 2.05) is 0 Å². The second kappa shape index (κ2) is 11.0. The number of halogens is 2.